The smallest absolute Gasteiger partial charge is 0.326 e. The molecule has 130 valence electrons. The molecular formula is C15H14ClN5O4. The van der Waals surface area contributed by atoms with Gasteiger partial charge in [0.1, 0.15) is 23.7 Å². The van der Waals surface area contributed by atoms with E-state index in [1.165, 1.54) is 6.07 Å². The van der Waals surface area contributed by atoms with Crippen molar-refractivity contribution in [3.63, 3.8) is 0 Å². The minimum Gasteiger partial charge on any atom is -0.490 e. The fourth-order valence-electron chi connectivity index (χ4n) is 1.92. The number of benzene rings is 1. The second kappa shape index (κ2) is 7.55. The van der Waals surface area contributed by atoms with Crippen LogP contribution in [-0.4, -0.2) is 28.5 Å². The number of aromatic amines is 2. The lowest BCUT2D eigenvalue weighted by Crippen LogP contribution is -2.40. The third kappa shape index (κ3) is 4.39. The number of aromatic nitrogens is 2. The first-order valence-corrected chi connectivity index (χ1v) is 7.45. The highest BCUT2D eigenvalue weighted by atomic mass is 35.5. The predicted molar refractivity (Wildman–Crippen MR) is 90.7 cm³/mol. The molecule has 1 unspecified atom stereocenters. The van der Waals surface area contributed by atoms with Crippen LogP contribution < -0.4 is 27.0 Å². The lowest BCUT2D eigenvalue weighted by molar-refractivity contribution is 0.0922. The van der Waals surface area contributed by atoms with Gasteiger partial charge in [0.2, 0.25) is 0 Å². The fourth-order valence-corrected chi connectivity index (χ4v) is 2.15. The molecule has 0 fully saturated rings. The van der Waals surface area contributed by atoms with Crippen LogP contribution in [0.1, 0.15) is 23.0 Å². The van der Waals surface area contributed by atoms with E-state index >= 15 is 0 Å². The number of nitrogens with zero attached hydrogens (tertiary/aromatic N) is 1. The predicted octanol–water partition coefficient (Wildman–Crippen LogP) is 0.368. The quantitative estimate of drug-likeness (QED) is 0.601. The van der Waals surface area contributed by atoms with Crippen molar-refractivity contribution in [2.45, 2.75) is 13.0 Å². The van der Waals surface area contributed by atoms with Gasteiger partial charge in [-0.2, -0.15) is 5.26 Å². The second-order valence-electron chi connectivity index (χ2n) is 5.14. The summed E-state index contributed by atoms with van der Waals surface area (Å²) < 4.78 is 5.49. The number of rotatable bonds is 5. The Morgan fingerprint density at radius 1 is 1.44 bits per heavy atom. The number of nitriles is 1. The van der Waals surface area contributed by atoms with Crippen molar-refractivity contribution in [3.8, 4) is 11.8 Å². The maximum absolute atomic E-state index is 12.1. The number of nitrogen functional groups attached to an aromatic ring is 1. The van der Waals surface area contributed by atoms with Crippen LogP contribution in [0.25, 0.3) is 0 Å². The number of hydrogen-bond donors (Lipinski definition) is 4. The zero-order valence-corrected chi connectivity index (χ0v) is 13.8. The van der Waals surface area contributed by atoms with Gasteiger partial charge >= 0.3 is 5.69 Å². The number of nitrogens with one attached hydrogen (secondary N) is 3. The lowest BCUT2D eigenvalue weighted by atomic mass is 10.2. The molecule has 1 amide bonds. The highest BCUT2D eigenvalue weighted by Gasteiger charge is 2.17. The van der Waals surface area contributed by atoms with E-state index in [9.17, 15) is 14.4 Å². The minimum absolute atomic E-state index is 0.0602. The van der Waals surface area contributed by atoms with E-state index in [2.05, 4.69) is 10.3 Å². The Balaban J connectivity index is 2.02. The van der Waals surface area contributed by atoms with Crippen LogP contribution in [0.2, 0.25) is 5.02 Å². The van der Waals surface area contributed by atoms with Gasteiger partial charge in [0.05, 0.1) is 22.7 Å². The minimum atomic E-state index is -0.845. The third-order valence-corrected chi connectivity index (χ3v) is 3.43. The molecule has 0 aliphatic carbocycles. The van der Waals surface area contributed by atoms with Crippen molar-refractivity contribution in [1.29, 1.82) is 5.26 Å². The average Bonchev–Trinajstić information content (AvgIpc) is 2.56. The summed E-state index contributed by atoms with van der Waals surface area (Å²) in [4.78, 5) is 38.9. The molecule has 0 spiro atoms. The second-order valence-corrected chi connectivity index (χ2v) is 5.55. The molecule has 0 bridgehead atoms. The summed E-state index contributed by atoms with van der Waals surface area (Å²) in [5, 5.41) is 11.6. The van der Waals surface area contributed by atoms with E-state index in [4.69, 9.17) is 27.3 Å². The van der Waals surface area contributed by atoms with Gasteiger partial charge in [-0.3, -0.25) is 14.6 Å². The zero-order valence-electron chi connectivity index (χ0n) is 13.1. The molecule has 2 rings (SSSR count). The summed E-state index contributed by atoms with van der Waals surface area (Å²) in [6.45, 7) is 1.71. The van der Waals surface area contributed by atoms with Crippen LogP contribution in [0.4, 0.5) is 5.69 Å². The summed E-state index contributed by atoms with van der Waals surface area (Å²) in [5.41, 5.74) is 3.49. The van der Waals surface area contributed by atoms with Gasteiger partial charge < -0.3 is 20.8 Å². The number of amides is 1. The molecule has 25 heavy (non-hydrogen) atoms. The van der Waals surface area contributed by atoms with E-state index in [-0.39, 0.29) is 23.0 Å². The van der Waals surface area contributed by atoms with E-state index in [1.807, 2.05) is 11.1 Å². The number of nitrogens with two attached hydrogens (primary N) is 1. The zero-order chi connectivity index (χ0) is 18.6. The summed E-state index contributed by atoms with van der Waals surface area (Å²) in [5.74, 6) is -0.367. The number of H-pyrrole nitrogens is 2. The molecule has 5 N–H and O–H groups in total. The maximum atomic E-state index is 12.1. The highest BCUT2D eigenvalue weighted by molar-refractivity contribution is 6.32. The number of halogens is 1. The summed E-state index contributed by atoms with van der Waals surface area (Å²) in [7, 11) is 0. The molecule has 0 aliphatic heterocycles. The Hall–Kier alpha value is -3.25. The number of ether oxygens (including phenoxy) is 1. The van der Waals surface area contributed by atoms with Crippen molar-refractivity contribution >= 4 is 23.2 Å². The molecule has 0 saturated carbocycles. The van der Waals surface area contributed by atoms with Crippen LogP contribution in [0.3, 0.4) is 0 Å². The standard InChI is InChI=1S/C15H14ClN5O4/c1-7(6-25-10-3-2-8(5-17)4-9(10)16)19-14(23)12-11(18)13(22)21-15(24)20-12/h2-4,7H,6,18H2,1H3,(H,19,23)(H2,20,21,22,24). The van der Waals surface area contributed by atoms with Crippen LogP contribution in [-0.2, 0) is 0 Å². The third-order valence-electron chi connectivity index (χ3n) is 3.13. The first-order valence-electron chi connectivity index (χ1n) is 7.07. The molecule has 10 heteroatoms. The first-order chi connectivity index (χ1) is 11.8. The molecule has 2 aromatic rings. The Bertz CT molecular complexity index is 960. The van der Waals surface area contributed by atoms with Gasteiger partial charge in [0, 0.05) is 0 Å². The van der Waals surface area contributed by atoms with Gasteiger partial charge in [-0.1, -0.05) is 11.6 Å². The van der Waals surface area contributed by atoms with Crippen LogP contribution >= 0.6 is 11.6 Å². The normalized spacial score (nSPS) is 11.4. The molecule has 1 heterocycles. The maximum Gasteiger partial charge on any atom is 0.326 e. The summed E-state index contributed by atoms with van der Waals surface area (Å²) >= 11 is 5.99. The number of anilines is 1. The van der Waals surface area contributed by atoms with E-state index < -0.39 is 23.2 Å². The van der Waals surface area contributed by atoms with E-state index in [1.54, 1.807) is 19.1 Å². The highest BCUT2D eigenvalue weighted by Crippen LogP contribution is 2.25. The molecule has 0 saturated heterocycles. The first kappa shape index (κ1) is 18.1. The molecule has 9 nitrogen and oxygen atoms in total. The molecule has 1 aromatic carbocycles. The van der Waals surface area contributed by atoms with Crippen molar-refractivity contribution in [2.24, 2.45) is 0 Å². The lowest BCUT2D eigenvalue weighted by Gasteiger charge is -2.16. The van der Waals surface area contributed by atoms with E-state index in [0.29, 0.717) is 11.3 Å². The van der Waals surface area contributed by atoms with Crippen molar-refractivity contribution in [3.05, 3.63) is 55.3 Å². The van der Waals surface area contributed by atoms with Crippen molar-refractivity contribution in [2.75, 3.05) is 12.3 Å². The molecular weight excluding hydrogens is 350 g/mol. The van der Waals surface area contributed by atoms with Gasteiger partial charge in [-0.25, -0.2) is 4.79 Å². The average molecular weight is 364 g/mol. The summed E-state index contributed by atoms with van der Waals surface area (Å²) in [6, 6.07) is 6.02. The number of hydrogen-bond acceptors (Lipinski definition) is 6. The molecule has 0 radical (unpaired) electrons. The molecule has 1 atom stereocenters. The molecule has 0 aliphatic rings. The Morgan fingerprint density at radius 2 is 2.16 bits per heavy atom. The van der Waals surface area contributed by atoms with Crippen LogP contribution in [0, 0.1) is 11.3 Å². The van der Waals surface area contributed by atoms with Gasteiger partial charge in [0.15, 0.2) is 0 Å². The largest absolute Gasteiger partial charge is 0.490 e. The van der Waals surface area contributed by atoms with Crippen LogP contribution in [0.5, 0.6) is 5.75 Å². The van der Waals surface area contributed by atoms with Gasteiger partial charge in [0.25, 0.3) is 11.5 Å². The van der Waals surface area contributed by atoms with E-state index in [0.717, 1.165) is 0 Å². The number of carbonyl (C=O) groups is 1. The Kier molecular flexibility index (Phi) is 5.46. The Morgan fingerprint density at radius 3 is 2.80 bits per heavy atom. The monoisotopic (exact) mass is 363 g/mol. The fraction of sp³-hybridized carbons (Fsp3) is 0.200. The van der Waals surface area contributed by atoms with Crippen molar-refractivity contribution < 1.29 is 9.53 Å². The SMILES string of the molecule is CC(COc1ccc(C#N)cc1Cl)NC(=O)c1[nH]c(=O)[nH]c(=O)c1N. The van der Waals surface area contributed by atoms with Gasteiger partial charge in [-0.15, -0.1) is 0 Å². The van der Waals surface area contributed by atoms with Gasteiger partial charge in [-0.05, 0) is 25.1 Å². The van der Waals surface area contributed by atoms with Crippen LogP contribution in [0.15, 0.2) is 27.8 Å². The topological polar surface area (TPSA) is 154 Å². The Labute approximate surface area is 146 Å². The van der Waals surface area contributed by atoms with Crippen molar-refractivity contribution in [1.82, 2.24) is 15.3 Å². The molecule has 1 aromatic heterocycles. The summed E-state index contributed by atoms with van der Waals surface area (Å²) in [6.07, 6.45) is 0. The number of carbonyl (C=O) groups excluding carboxylic acids is 1.